The van der Waals surface area contributed by atoms with Crippen LogP contribution >= 0.6 is 15.9 Å². The minimum atomic E-state index is 0.0540. The van der Waals surface area contributed by atoms with Crippen LogP contribution < -0.4 is 4.74 Å². The van der Waals surface area contributed by atoms with Gasteiger partial charge in [0.05, 0.1) is 11.6 Å². The molecule has 2 nitrogen and oxygen atoms in total. The van der Waals surface area contributed by atoms with Gasteiger partial charge in [-0.15, -0.1) is 0 Å². The fourth-order valence-corrected chi connectivity index (χ4v) is 1.43. The molecule has 92 valence electrons. The van der Waals surface area contributed by atoms with E-state index >= 15 is 0 Å². The van der Waals surface area contributed by atoms with Crippen LogP contribution in [0.4, 0.5) is 0 Å². The predicted molar refractivity (Wildman–Crippen MR) is 73.4 cm³/mol. The van der Waals surface area contributed by atoms with Gasteiger partial charge in [-0.25, -0.2) is 0 Å². The number of carbonyl (C=O) groups is 1. The average molecular weight is 289 g/mol. The SMILES string of the molecule is CC.CC.COc1ccc(C(C)=O)cc1Br. The van der Waals surface area contributed by atoms with Gasteiger partial charge in [0.15, 0.2) is 5.78 Å². The van der Waals surface area contributed by atoms with Crippen molar-refractivity contribution in [3.63, 3.8) is 0 Å². The predicted octanol–water partition coefficient (Wildman–Crippen LogP) is 4.71. The Balaban J connectivity index is 0. The summed E-state index contributed by atoms with van der Waals surface area (Å²) < 4.78 is 5.82. The summed E-state index contributed by atoms with van der Waals surface area (Å²) in [4.78, 5) is 10.9. The number of hydrogen-bond donors (Lipinski definition) is 0. The maximum Gasteiger partial charge on any atom is 0.159 e. The van der Waals surface area contributed by atoms with E-state index < -0.39 is 0 Å². The molecule has 0 spiro atoms. The van der Waals surface area contributed by atoms with Gasteiger partial charge in [0.1, 0.15) is 5.75 Å². The maximum atomic E-state index is 10.9. The molecule has 0 aliphatic rings. The Kier molecular flexibility index (Phi) is 11.7. The first-order valence-electron chi connectivity index (χ1n) is 5.49. The van der Waals surface area contributed by atoms with Gasteiger partial charge in [0.2, 0.25) is 0 Å². The number of rotatable bonds is 2. The Bertz CT molecular complexity index is 309. The minimum absolute atomic E-state index is 0.0540. The summed E-state index contributed by atoms with van der Waals surface area (Å²) in [6, 6.07) is 5.26. The topological polar surface area (TPSA) is 26.3 Å². The lowest BCUT2D eigenvalue weighted by molar-refractivity contribution is 0.101. The van der Waals surface area contributed by atoms with Gasteiger partial charge in [0.25, 0.3) is 0 Å². The average Bonchev–Trinajstić information content (AvgIpc) is 2.34. The first-order valence-corrected chi connectivity index (χ1v) is 6.29. The van der Waals surface area contributed by atoms with E-state index in [-0.39, 0.29) is 5.78 Å². The highest BCUT2D eigenvalue weighted by atomic mass is 79.9. The van der Waals surface area contributed by atoms with Gasteiger partial charge >= 0.3 is 0 Å². The summed E-state index contributed by atoms with van der Waals surface area (Å²) in [5.41, 5.74) is 0.683. The standard InChI is InChI=1S/C9H9BrO2.2C2H6/c1-6(11)7-3-4-9(12-2)8(10)5-7;2*1-2/h3-5H,1-2H3;2*1-2H3. The molecule has 0 fully saturated rings. The van der Waals surface area contributed by atoms with Crippen molar-refractivity contribution in [1.82, 2.24) is 0 Å². The molecule has 1 aromatic carbocycles. The van der Waals surface area contributed by atoms with Crippen molar-refractivity contribution < 1.29 is 9.53 Å². The van der Waals surface area contributed by atoms with E-state index in [1.807, 2.05) is 27.7 Å². The van der Waals surface area contributed by atoms with Crippen LogP contribution in [0.5, 0.6) is 5.75 Å². The molecular weight excluding hydrogens is 268 g/mol. The monoisotopic (exact) mass is 288 g/mol. The fourth-order valence-electron chi connectivity index (χ4n) is 0.885. The molecule has 0 radical (unpaired) electrons. The molecule has 0 aromatic heterocycles. The van der Waals surface area contributed by atoms with Crippen molar-refractivity contribution in [3.05, 3.63) is 28.2 Å². The second kappa shape index (κ2) is 10.7. The molecule has 1 aromatic rings. The Labute approximate surface area is 107 Å². The lowest BCUT2D eigenvalue weighted by atomic mass is 10.1. The fraction of sp³-hybridized carbons (Fsp3) is 0.462. The van der Waals surface area contributed by atoms with Gasteiger partial charge in [-0.1, -0.05) is 27.7 Å². The lowest BCUT2D eigenvalue weighted by Crippen LogP contribution is -1.92. The molecule has 0 N–H and O–H groups in total. The van der Waals surface area contributed by atoms with Gasteiger partial charge < -0.3 is 4.74 Å². The van der Waals surface area contributed by atoms with Crippen LogP contribution in [0.15, 0.2) is 22.7 Å². The van der Waals surface area contributed by atoms with Crippen LogP contribution in [0.2, 0.25) is 0 Å². The molecule has 0 aliphatic heterocycles. The summed E-state index contributed by atoms with van der Waals surface area (Å²) in [7, 11) is 1.59. The first kappa shape index (κ1) is 17.6. The third-order valence-corrected chi connectivity index (χ3v) is 2.18. The number of ketones is 1. The van der Waals surface area contributed by atoms with E-state index in [2.05, 4.69) is 15.9 Å². The molecule has 0 aliphatic carbocycles. The number of hydrogen-bond acceptors (Lipinski definition) is 2. The molecule has 0 amide bonds. The molecule has 0 saturated carbocycles. The summed E-state index contributed by atoms with van der Waals surface area (Å²) in [5, 5.41) is 0. The normalized spacial score (nSPS) is 7.94. The number of benzene rings is 1. The molecule has 0 bridgehead atoms. The van der Waals surface area contributed by atoms with E-state index in [9.17, 15) is 4.79 Å². The molecule has 0 saturated heterocycles. The van der Waals surface area contributed by atoms with Crippen molar-refractivity contribution in [2.75, 3.05) is 7.11 Å². The Hall–Kier alpha value is -0.830. The van der Waals surface area contributed by atoms with Crippen LogP contribution in [0.3, 0.4) is 0 Å². The highest BCUT2D eigenvalue weighted by Gasteiger charge is 2.03. The quantitative estimate of drug-likeness (QED) is 0.737. The second-order valence-electron chi connectivity index (χ2n) is 2.41. The molecule has 0 atom stereocenters. The molecule has 0 heterocycles. The third-order valence-electron chi connectivity index (χ3n) is 1.56. The van der Waals surface area contributed by atoms with Gasteiger partial charge in [-0.05, 0) is 41.1 Å². The van der Waals surface area contributed by atoms with Gasteiger partial charge in [0, 0.05) is 5.56 Å². The molecule has 0 unspecified atom stereocenters. The van der Waals surface area contributed by atoms with Crippen molar-refractivity contribution in [3.8, 4) is 5.75 Å². The summed E-state index contributed by atoms with van der Waals surface area (Å²) >= 11 is 3.30. The Morgan fingerprint density at radius 2 is 1.69 bits per heavy atom. The van der Waals surface area contributed by atoms with Crippen molar-refractivity contribution in [1.29, 1.82) is 0 Å². The van der Waals surface area contributed by atoms with Crippen LogP contribution in [0.1, 0.15) is 45.0 Å². The van der Waals surface area contributed by atoms with Crippen LogP contribution in [-0.4, -0.2) is 12.9 Å². The highest BCUT2D eigenvalue weighted by Crippen LogP contribution is 2.25. The summed E-state index contributed by atoms with van der Waals surface area (Å²) in [6.45, 7) is 9.54. The van der Waals surface area contributed by atoms with Crippen molar-refractivity contribution in [2.45, 2.75) is 34.6 Å². The van der Waals surface area contributed by atoms with Crippen LogP contribution in [0.25, 0.3) is 0 Å². The zero-order valence-electron chi connectivity index (χ0n) is 10.9. The van der Waals surface area contributed by atoms with E-state index in [1.54, 1.807) is 25.3 Å². The third kappa shape index (κ3) is 5.91. The van der Waals surface area contributed by atoms with E-state index in [0.717, 1.165) is 10.2 Å². The zero-order chi connectivity index (χ0) is 13.1. The lowest BCUT2D eigenvalue weighted by Gasteiger charge is -2.03. The number of methoxy groups -OCH3 is 1. The molecule has 1 rings (SSSR count). The maximum absolute atomic E-state index is 10.9. The number of Topliss-reactive ketones (excluding diaryl/α,β-unsaturated/α-hetero) is 1. The first-order chi connectivity index (χ1) is 7.65. The molecule has 3 heteroatoms. The van der Waals surface area contributed by atoms with E-state index in [4.69, 9.17) is 4.74 Å². The second-order valence-corrected chi connectivity index (χ2v) is 3.26. The molecule has 16 heavy (non-hydrogen) atoms. The number of halogens is 1. The number of ether oxygens (including phenoxy) is 1. The zero-order valence-corrected chi connectivity index (χ0v) is 12.5. The van der Waals surface area contributed by atoms with E-state index in [0.29, 0.717) is 5.56 Å². The Morgan fingerprint density at radius 3 is 2.00 bits per heavy atom. The molecular formula is C13H21BrO2. The number of carbonyl (C=O) groups excluding carboxylic acids is 1. The minimum Gasteiger partial charge on any atom is -0.496 e. The van der Waals surface area contributed by atoms with Gasteiger partial charge in [-0.2, -0.15) is 0 Å². The summed E-state index contributed by atoms with van der Waals surface area (Å²) in [5.74, 6) is 0.790. The van der Waals surface area contributed by atoms with Crippen molar-refractivity contribution in [2.24, 2.45) is 0 Å². The van der Waals surface area contributed by atoms with Crippen molar-refractivity contribution >= 4 is 21.7 Å². The van der Waals surface area contributed by atoms with E-state index in [1.165, 1.54) is 6.92 Å². The Morgan fingerprint density at radius 1 is 1.19 bits per heavy atom. The van der Waals surface area contributed by atoms with Gasteiger partial charge in [-0.3, -0.25) is 4.79 Å². The van der Waals surface area contributed by atoms with Crippen LogP contribution in [-0.2, 0) is 0 Å². The smallest absolute Gasteiger partial charge is 0.159 e. The summed E-state index contributed by atoms with van der Waals surface area (Å²) in [6.07, 6.45) is 0. The largest absolute Gasteiger partial charge is 0.496 e. The van der Waals surface area contributed by atoms with Crippen LogP contribution in [0, 0.1) is 0 Å². The highest BCUT2D eigenvalue weighted by molar-refractivity contribution is 9.10.